The van der Waals surface area contributed by atoms with E-state index in [9.17, 15) is 30.3 Å². The summed E-state index contributed by atoms with van der Waals surface area (Å²) in [7, 11) is 0. The number of carboxylic acid groups (broad SMARTS) is 1. The van der Waals surface area contributed by atoms with E-state index in [2.05, 4.69) is 11.9 Å². The van der Waals surface area contributed by atoms with Crippen molar-refractivity contribution in [2.24, 2.45) is 35.5 Å². The molecule has 7 heteroatoms. The van der Waals surface area contributed by atoms with Crippen molar-refractivity contribution in [2.45, 2.75) is 104 Å². The van der Waals surface area contributed by atoms with Crippen molar-refractivity contribution in [3.63, 3.8) is 0 Å². The van der Waals surface area contributed by atoms with Crippen molar-refractivity contribution in [1.29, 1.82) is 0 Å². The lowest BCUT2D eigenvalue weighted by atomic mass is 9.77. The van der Waals surface area contributed by atoms with Crippen LogP contribution < -0.4 is 5.32 Å². The van der Waals surface area contributed by atoms with Crippen LogP contribution in [0, 0.1) is 35.5 Å². The molecule has 1 aliphatic rings. The molecule has 6 N–H and O–H groups in total. The van der Waals surface area contributed by atoms with Gasteiger partial charge >= 0.3 is 6.09 Å². The number of carbonyl (C=O) groups is 1. The Hall–Kier alpha value is -1.93. The van der Waals surface area contributed by atoms with E-state index in [4.69, 9.17) is 0 Å². The Morgan fingerprint density at radius 1 is 1.00 bits per heavy atom. The minimum atomic E-state index is -1.87. The van der Waals surface area contributed by atoms with Crippen molar-refractivity contribution in [1.82, 2.24) is 5.32 Å². The third-order valence-corrected chi connectivity index (χ3v) is 8.28. The third-order valence-electron chi connectivity index (χ3n) is 8.28. The van der Waals surface area contributed by atoms with E-state index in [1.54, 1.807) is 32.1 Å². The number of hydrogen-bond donors (Lipinski definition) is 6. The molecule has 0 unspecified atom stereocenters. The van der Waals surface area contributed by atoms with Crippen molar-refractivity contribution in [2.75, 3.05) is 0 Å². The largest absolute Gasteiger partial charge is 0.465 e. The highest BCUT2D eigenvalue weighted by Gasteiger charge is 2.44. The lowest BCUT2D eigenvalue weighted by molar-refractivity contribution is -0.116. The normalized spacial score (nSPS) is 23.4. The smallest absolute Gasteiger partial charge is 0.406 e. The summed E-state index contributed by atoms with van der Waals surface area (Å²) in [5.41, 5.74) is -0.883. The molecule has 7 nitrogen and oxygen atoms in total. The zero-order chi connectivity index (χ0) is 29.0. The molecule has 0 heterocycles. The van der Waals surface area contributed by atoms with Gasteiger partial charge in [-0.3, -0.25) is 5.32 Å². The van der Waals surface area contributed by atoms with Crippen LogP contribution in [0.2, 0.25) is 0 Å². The van der Waals surface area contributed by atoms with Crippen molar-refractivity contribution >= 4 is 6.09 Å². The molecular weight excluding hydrogens is 482 g/mol. The van der Waals surface area contributed by atoms with E-state index < -0.39 is 42.0 Å². The van der Waals surface area contributed by atoms with Gasteiger partial charge in [0.15, 0.2) is 5.72 Å². The van der Waals surface area contributed by atoms with Crippen LogP contribution in [0.4, 0.5) is 4.79 Å². The highest BCUT2D eigenvalue weighted by atomic mass is 16.4. The zero-order valence-electron chi connectivity index (χ0n) is 24.3. The predicted molar refractivity (Wildman–Crippen MR) is 153 cm³/mol. The van der Waals surface area contributed by atoms with Gasteiger partial charge in [0.25, 0.3) is 0 Å². The first kappa shape index (κ1) is 34.1. The zero-order valence-corrected chi connectivity index (χ0v) is 24.3. The van der Waals surface area contributed by atoms with Gasteiger partial charge in [0.05, 0.1) is 18.3 Å². The molecule has 0 aromatic carbocycles. The Morgan fingerprint density at radius 3 is 2.16 bits per heavy atom. The summed E-state index contributed by atoms with van der Waals surface area (Å²) < 4.78 is 0. The molecule has 1 saturated carbocycles. The van der Waals surface area contributed by atoms with Crippen LogP contribution >= 0.6 is 0 Å². The maximum Gasteiger partial charge on any atom is 0.406 e. The van der Waals surface area contributed by atoms with Gasteiger partial charge in [0.2, 0.25) is 0 Å². The van der Waals surface area contributed by atoms with Crippen LogP contribution in [-0.4, -0.2) is 55.7 Å². The molecule has 1 amide bonds. The van der Waals surface area contributed by atoms with Crippen LogP contribution in [0.1, 0.15) is 80.1 Å². The fourth-order valence-corrected chi connectivity index (χ4v) is 5.77. The van der Waals surface area contributed by atoms with Crippen LogP contribution in [0.3, 0.4) is 0 Å². The standard InChI is InChI=1S/C31H53NO6/c1-8-9-12-24(6)31(38,32-30(36)37)25(7)29(35)23(5)18-20(2)17-22(4)28(34)21(3)15-16-27(33)19-26-13-10-11-14-26/h8-9,12,15-17,21-29,32-35,38H,1,10-11,13-14,18-19H2,2-7H3,(H,36,37)/b12-9-,16-15-,20-17-/t21-,22-,23-,24-,25+,27+,28-,29+,31-/m0/s1. The monoisotopic (exact) mass is 535 g/mol. The van der Waals surface area contributed by atoms with Crippen LogP contribution in [-0.2, 0) is 0 Å². The topological polar surface area (TPSA) is 130 Å². The average molecular weight is 536 g/mol. The molecule has 218 valence electrons. The second-order valence-electron chi connectivity index (χ2n) is 11.7. The summed E-state index contributed by atoms with van der Waals surface area (Å²) in [5, 5.41) is 55.0. The first-order valence-electron chi connectivity index (χ1n) is 14.1. The molecule has 1 fully saturated rings. The second kappa shape index (κ2) is 16.2. The Kier molecular flexibility index (Phi) is 14.6. The van der Waals surface area contributed by atoms with Gasteiger partial charge in [-0.1, -0.05) is 109 Å². The Balaban J connectivity index is 2.78. The molecule has 0 aromatic heterocycles. The molecule has 9 atom stereocenters. The summed E-state index contributed by atoms with van der Waals surface area (Å²) in [6.45, 7) is 14.6. The van der Waals surface area contributed by atoms with E-state index >= 15 is 0 Å². The van der Waals surface area contributed by atoms with E-state index in [0.717, 1.165) is 12.0 Å². The van der Waals surface area contributed by atoms with E-state index in [0.29, 0.717) is 12.3 Å². The van der Waals surface area contributed by atoms with Crippen molar-refractivity contribution in [3.05, 3.63) is 48.6 Å². The lowest BCUT2D eigenvalue weighted by Gasteiger charge is -2.41. The summed E-state index contributed by atoms with van der Waals surface area (Å²) in [6.07, 6.45) is 13.3. The number of amides is 1. The molecule has 1 rings (SSSR count). The number of hydrogen-bond acceptors (Lipinski definition) is 5. The highest BCUT2D eigenvalue weighted by Crippen LogP contribution is 2.33. The average Bonchev–Trinajstić information content (AvgIpc) is 3.36. The fourth-order valence-electron chi connectivity index (χ4n) is 5.77. The minimum absolute atomic E-state index is 0.127. The van der Waals surface area contributed by atoms with Gasteiger partial charge < -0.3 is 25.5 Å². The van der Waals surface area contributed by atoms with E-state index in [1.165, 1.54) is 25.7 Å². The first-order chi connectivity index (χ1) is 17.7. The van der Waals surface area contributed by atoms with Gasteiger partial charge in [-0.15, -0.1) is 0 Å². The lowest BCUT2D eigenvalue weighted by Crippen LogP contribution is -2.60. The molecule has 0 radical (unpaired) electrons. The van der Waals surface area contributed by atoms with E-state index in [-0.39, 0.29) is 17.8 Å². The summed E-state index contributed by atoms with van der Waals surface area (Å²) in [4.78, 5) is 11.4. The van der Waals surface area contributed by atoms with Crippen LogP contribution in [0.25, 0.3) is 0 Å². The third kappa shape index (κ3) is 10.7. The summed E-state index contributed by atoms with van der Waals surface area (Å²) in [6, 6.07) is 0. The predicted octanol–water partition coefficient (Wildman–Crippen LogP) is 5.42. The first-order valence-corrected chi connectivity index (χ1v) is 14.1. The number of nitrogens with one attached hydrogen (secondary N) is 1. The molecule has 0 spiro atoms. The Labute approximate surface area is 230 Å². The molecular formula is C31H53NO6. The van der Waals surface area contributed by atoms with Gasteiger partial charge in [0, 0.05) is 23.7 Å². The maximum absolute atomic E-state index is 11.4. The molecule has 0 bridgehead atoms. The molecule has 38 heavy (non-hydrogen) atoms. The fraction of sp³-hybridized carbons (Fsp3) is 0.710. The second-order valence-corrected chi connectivity index (χ2v) is 11.7. The van der Waals surface area contributed by atoms with Crippen LogP contribution in [0.5, 0.6) is 0 Å². The van der Waals surface area contributed by atoms with Crippen molar-refractivity contribution in [3.8, 4) is 0 Å². The van der Waals surface area contributed by atoms with Gasteiger partial charge in [-0.2, -0.15) is 0 Å². The van der Waals surface area contributed by atoms with Crippen molar-refractivity contribution < 1.29 is 30.3 Å². The number of aliphatic hydroxyl groups is 4. The number of rotatable bonds is 16. The van der Waals surface area contributed by atoms with E-state index in [1.807, 2.05) is 45.9 Å². The SMILES string of the molecule is C=C/C=C\[C@H](C)[C@@](O)(NC(=O)O)[C@H](C)[C@H](O)[C@@H](C)C/C(C)=C\[C@H](C)[C@@H](O)[C@@H](C)/C=C\[C@@H](O)CC1CCCC1. The molecule has 0 saturated heterocycles. The molecule has 0 aliphatic heterocycles. The molecule has 1 aliphatic carbocycles. The van der Waals surface area contributed by atoms with Gasteiger partial charge in [0.1, 0.15) is 0 Å². The quantitative estimate of drug-likeness (QED) is 0.0889. The number of aliphatic hydroxyl groups excluding tert-OH is 3. The van der Waals surface area contributed by atoms with Gasteiger partial charge in [-0.05, 0) is 31.6 Å². The number of allylic oxidation sites excluding steroid dienone is 3. The van der Waals surface area contributed by atoms with Crippen LogP contribution in [0.15, 0.2) is 48.6 Å². The Bertz CT molecular complexity index is 817. The minimum Gasteiger partial charge on any atom is -0.465 e. The maximum atomic E-state index is 11.4. The van der Waals surface area contributed by atoms with Gasteiger partial charge in [-0.25, -0.2) is 4.79 Å². The summed E-state index contributed by atoms with van der Waals surface area (Å²) in [5.74, 6) is -1.34. The Morgan fingerprint density at radius 2 is 1.61 bits per heavy atom. The summed E-state index contributed by atoms with van der Waals surface area (Å²) >= 11 is 0. The molecule has 0 aromatic rings. The highest BCUT2D eigenvalue weighted by molar-refractivity contribution is 5.65.